The van der Waals surface area contributed by atoms with E-state index in [1.54, 1.807) is 17.4 Å². The van der Waals surface area contributed by atoms with Crippen LogP contribution in [0.5, 0.6) is 0 Å². The third kappa shape index (κ3) is 7.64. The van der Waals surface area contributed by atoms with Crippen molar-refractivity contribution in [3.63, 3.8) is 0 Å². The summed E-state index contributed by atoms with van der Waals surface area (Å²) < 4.78 is 5.42. The van der Waals surface area contributed by atoms with Crippen LogP contribution in [0.25, 0.3) is 0 Å². The minimum Gasteiger partial charge on any atom is -0.445 e. The number of hydrogen-bond acceptors (Lipinski definition) is 7. The van der Waals surface area contributed by atoms with Crippen molar-refractivity contribution in [3.8, 4) is 6.07 Å². The molecule has 2 aromatic carbocycles. The van der Waals surface area contributed by atoms with Gasteiger partial charge in [-0.1, -0.05) is 42.5 Å². The fourth-order valence-electron chi connectivity index (χ4n) is 4.47. The highest BCUT2D eigenvalue weighted by Gasteiger charge is 2.33. The van der Waals surface area contributed by atoms with E-state index < -0.39 is 12.1 Å². The van der Waals surface area contributed by atoms with E-state index in [-0.39, 0.29) is 18.4 Å². The topological polar surface area (TPSA) is 120 Å². The normalized spacial score (nSPS) is 14.9. The lowest BCUT2D eigenvalue weighted by atomic mass is 9.88. The van der Waals surface area contributed by atoms with E-state index in [0.29, 0.717) is 17.8 Å². The van der Waals surface area contributed by atoms with Gasteiger partial charge in [-0.2, -0.15) is 5.26 Å². The second kappa shape index (κ2) is 13.0. The van der Waals surface area contributed by atoms with Crippen molar-refractivity contribution in [1.82, 2.24) is 10.2 Å². The number of nitrogens with two attached hydrogens (primary N) is 1. The molecule has 1 aliphatic heterocycles. The van der Waals surface area contributed by atoms with Crippen LogP contribution in [0.4, 0.5) is 10.5 Å². The lowest BCUT2D eigenvalue weighted by Crippen LogP contribution is -2.51. The Kier molecular flexibility index (Phi) is 9.27. The van der Waals surface area contributed by atoms with Crippen molar-refractivity contribution in [1.29, 1.82) is 5.26 Å². The molecule has 0 radical (unpaired) electrons. The van der Waals surface area contributed by atoms with Crippen LogP contribution in [0, 0.1) is 17.2 Å². The van der Waals surface area contributed by atoms with Gasteiger partial charge < -0.3 is 21.1 Å². The summed E-state index contributed by atoms with van der Waals surface area (Å²) >= 11 is 1.59. The Morgan fingerprint density at radius 1 is 1.11 bits per heavy atom. The van der Waals surface area contributed by atoms with Crippen molar-refractivity contribution < 1.29 is 14.3 Å². The number of nitriles is 1. The zero-order valence-electron chi connectivity index (χ0n) is 20.6. The summed E-state index contributed by atoms with van der Waals surface area (Å²) in [4.78, 5) is 29.5. The number of hydrogen-bond donors (Lipinski definition) is 3. The molecule has 1 atom stereocenters. The van der Waals surface area contributed by atoms with Crippen molar-refractivity contribution in [2.45, 2.75) is 38.6 Å². The van der Waals surface area contributed by atoms with Crippen LogP contribution in [0.1, 0.15) is 34.4 Å². The molecular formula is C28H31N5O3S. The van der Waals surface area contributed by atoms with Crippen LogP contribution in [-0.4, -0.2) is 36.0 Å². The monoisotopic (exact) mass is 517 g/mol. The molecule has 4 rings (SSSR count). The maximum Gasteiger partial charge on any atom is 0.408 e. The fourth-order valence-corrected chi connectivity index (χ4v) is 5.32. The van der Waals surface area contributed by atoms with E-state index in [2.05, 4.69) is 21.6 Å². The van der Waals surface area contributed by atoms with Crippen LogP contribution >= 0.6 is 11.3 Å². The number of nitrogens with zero attached hydrogens (tertiary/aromatic N) is 2. The molecule has 1 fully saturated rings. The number of carbonyl (C=O) groups is 2. The molecule has 2 heterocycles. The predicted octanol–water partition coefficient (Wildman–Crippen LogP) is 4.22. The predicted molar refractivity (Wildman–Crippen MR) is 144 cm³/mol. The Bertz CT molecular complexity index is 1230. The number of alkyl carbamates (subject to hydrolysis) is 1. The summed E-state index contributed by atoms with van der Waals surface area (Å²) in [6.07, 6.45) is 0.872. The Morgan fingerprint density at radius 3 is 2.57 bits per heavy atom. The molecule has 9 heteroatoms. The van der Waals surface area contributed by atoms with Crippen LogP contribution < -0.4 is 16.4 Å². The first-order chi connectivity index (χ1) is 18.0. The van der Waals surface area contributed by atoms with Gasteiger partial charge in [0.15, 0.2) is 0 Å². The molecule has 1 aromatic heterocycles. The quantitative estimate of drug-likeness (QED) is 0.391. The molecule has 192 valence electrons. The third-order valence-corrected chi connectivity index (χ3v) is 7.39. The first-order valence-electron chi connectivity index (χ1n) is 12.3. The lowest BCUT2D eigenvalue weighted by Gasteiger charge is -2.35. The first-order valence-corrected chi connectivity index (χ1v) is 13.2. The number of amides is 2. The van der Waals surface area contributed by atoms with Gasteiger partial charge in [0.05, 0.1) is 5.56 Å². The van der Waals surface area contributed by atoms with Crippen molar-refractivity contribution >= 4 is 29.0 Å². The van der Waals surface area contributed by atoms with Gasteiger partial charge >= 0.3 is 6.09 Å². The molecule has 2 amide bonds. The highest BCUT2D eigenvalue weighted by atomic mass is 32.1. The van der Waals surface area contributed by atoms with Crippen LogP contribution in [0.2, 0.25) is 0 Å². The maximum atomic E-state index is 13.4. The minimum absolute atomic E-state index is 0.0452. The molecule has 3 aromatic rings. The number of thiophene rings is 1. The average Bonchev–Trinajstić information content (AvgIpc) is 3.39. The summed E-state index contributed by atoms with van der Waals surface area (Å²) in [5.74, 6) is -0.322. The molecule has 1 saturated heterocycles. The Labute approximate surface area is 221 Å². The number of rotatable bonds is 9. The van der Waals surface area contributed by atoms with Gasteiger partial charge in [0, 0.05) is 29.0 Å². The van der Waals surface area contributed by atoms with Gasteiger partial charge in [-0.25, -0.2) is 4.79 Å². The summed E-state index contributed by atoms with van der Waals surface area (Å²) in [5, 5.41) is 16.7. The zero-order chi connectivity index (χ0) is 26.0. The molecule has 0 bridgehead atoms. The Hall–Kier alpha value is -3.71. The molecule has 0 aliphatic carbocycles. The molecule has 0 saturated carbocycles. The molecular weight excluding hydrogens is 486 g/mol. The summed E-state index contributed by atoms with van der Waals surface area (Å²) in [6, 6.07) is 20.2. The second-order valence-corrected chi connectivity index (χ2v) is 10.1. The van der Waals surface area contributed by atoms with Crippen LogP contribution in [0.3, 0.4) is 0 Å². The van der Waals surface area contributed by atoms with E-state index in [0.717, 1.165) is 48.5 Å². The number of anilines is 1. The number of benzene rings is 2. The third-order valence-electron chi connectivity index (χ3n) is 6.46. The first kappa shape index (κ1) is 26.4. The van der Waals surface area contributed by atoms with Gasteiger partial charge in [0.2, 0.25) is 5.91 Å². The van der Waals surface area contributed by atoms with Gasteiger partial charge in [-0.3, -0.25) is 9.69 Å². The zero-order valence-corrected chi connectivity index (χ0v) is 21.4. The van der Waals surface area contributed by atoms with Gasteiger partial charge in [-0.15, -0.1) is 11.3 Å². The summed E-state index contributed by atoms with van der Waals surface area (Å²) in [5.41, 5.74) is 8.85. The van der Waals surface area contributed by atoms with Gasteiger partial charge in [0.25, 0.3) is 0 Å². The SMILES string of the molecule is N#Cc1csc(CN2CCC([C@H](NC(=O)OCc3ccccc3)C(=O)Nc3cccc(CN)c3)CC2)c1. The van der Waals surface area contributed by atoms with E-state index in [4.69, 9.17) is 15.7 Å². The van der Waals surface area contributed by atoms with Gasteiger partial charge in [0.1, 0.15) is 18.7 Å². The Balaban J connectivity index is 1.40. The number of carbonyl (C=O) groups excluding carboxylic acids is 2. The lowest BCUT2D eigenvalue weighted by molar-refractivity contribution is -0.119. The van der Waals surface area contributed by atoms with Crippen molar-refractivity contribution in [2.75, 3.05) is 18.4 Å². The fraction of sp³-hybridized carbons (Fsp3) is 0.321. The molecule has 1 aliphatic rings. The minimum atomic E-state index is -0.737. The summed E-state index contributed by atoms with van der Waals surface area (Å²) in [6.45, 7) is 2.85. The molecule has 37 heavy (non-hydrogen) atoms. The van der Waals surface area contributed by atoms with E-state index >= 15 is 0 Å². The van der Waals surface area contributed by atoms with Crippen LogP contribution in [0.15, 0.2) is 66.0 Å². The van der Waals surface area contributed by atoms with Crippen LogP contribution in [-0.2, 0) is 29.2 Å². The number of ether oxygens (including phenoxy) is 1. The smallest absolute Gasteiger partial charge is 0.408 e. The molecule has 0 spiro atoms. The molecule has 8 nitrogen and oxygen atoms in total. The number of piperidine rings is 1. The van der Waals surface area contributed by atoms with E-state index in [9.17, 15) is 9.59 Å². The van der Waals surface area contributed by atoms with Crippen molar-refractivity contribution in [2.24, 2.45) is 11.7 Å². The maximum absolute atomic E-state index is 13.4. The standard InChI is InChI=1S/C28H31N5O3S/c29-15-21-7-4-8-24(13-21)31-27(34)26(32-28(35)36-18-20-5-2-1-3-6-20)23-9-11-33(12-10-23)17-25-14-22(16-30)19-37-25/h1-8,13-14,19,23,26H,9-12,15,17-18,29H2,(H,31,34)(H,32,35)/t26-/m0/s1. The average molecular weight is 518 g/mol. The molecule has 4 N–H and O–H groups in total. The van der Waals surface area contributed by atoms with E-state index in [1.165, 1.54) is 0 Å². The Morgan fingerprint density at radius 2 is 1.86 bits per heavy atom. The highest BCUT2D eigenvalue weighted by molar-refractivity contribution is 7.10. The number of likely N-dealkylation sites (tertiary alicyclic amines) is 1. The number of nitrogens with one attached hydrogen (secondary N) is 2. The van der Waals surface area contributed by atoms with Crippen molar-refractivity contribution in [3.05, 3.63) is 87.6 Å². The second-order valence-electron chi connectivity index (χ2n) is 9.10. The summed E-state index contributed by atoms with van der Waals surface area (Å²) in [7, 11) is 0. The van der Waals surface area contributed by atoms with E-state index in [1.807, 2.05) is 60.0 Å². The van der Waals surface area contributed by atoms with Gasteiger partial charge in [-0.05, 0) is 61.2 Å². The molecule has 0 unspecified atom stereocenters. The largest absolute Gasteiger partial charge is 0.445 e. The highest BCUT2D eigenvalue weighted by Crippen LogP contribution is 2.25.